The monoisotopic (exact) mass is 429 g/mol. The Morgan fingerprint density at radius 2 is 1.91 bits per heavy atom. The van der Waals surface area contributed by atoms with Crippen molar-refractivity contribution < 1.29 is 9.18 Å². The Kier molecular flexibility index (Phi) is 5.33. The molecule has 32 heavy (non-hydrogen) atoms. The van der Waals surface area contributed by atoms with Crippen LogP contribution in [0.1, 0.15) is 45.7 Å². The van der Waals surface area contributed by atoms with E-state index in [1.807, 2.05) is 38.1 Å². The lowest BCUT2D eigenvalue weighted by molar-refractivity contribution is 0.0934. The lowest BCUT2D eigenvalue weighted by atomic mass is 10.0. The van der Waals surface area contributed by atoms with Crippen molar-refractivity contribution in [3.05, 3.63) is 92.8 Å². The first-order valence-corrected chi connectivity index (χ1v) is 9.98. The normalized spacial score (nSPS) is 11.8. The van der Waals surface area contributed by atoms with E-state index >= 15 is 0 Å². The highest BCUT2D eigenvalue weighted by atomic mass is 19.1. The molecule has 0 radical (unpaired) electrons. The van der Waals surface area contributed by atoms with E-state index in [0.29, 0.717) is 11.3 Å². The zero-order valence-electron chi connectivity index (χ0n) is 17.7. The number of nitrogens with one attached hydrogen (secondary N) is 2. The van der Waals surface area contributed by atoms with E-state index in [1.165, 1.54) is 16.6 Å². The molecule has 2 aromatic carbocycles. The van der Waals surface area contributed by atoms with Crippen LogP contribution in [0.3, 0.4) is 0 Å². The molecule has 0 spiro atoms. The summed E-state index contributed by atoms with van der Waals surface area (Å²) < 4.78 is 14.4. The summed E-state index contributed by atoms with van der Waals surface area (Å²) in [4.78, 5) is 28.4. The molecule has 8 heteroatoms. The van der Waals surface area contributed by atoms with Gasteiger partial charge in [-0.3, -0.25) is 9.59 Å². The summed E-state index contributed by atoms with van der Waals surface area (Å²) in [5.74, 6) is -0.979. The average Bonchev–Trinajstić information content (AvgIpc) is 3.15. The van der Waals surface area contributed by atoms with Crippen molar-refractivity contribution in [3.63, 3.8) is 0 Å². The number of fused-ring (bicyclic) bond motifs is 1. The van der Waals surface area contributed by atoms with Gasteiger partial charge in [0.15, 0.2) is 5.69 Å². The van der Waals surface area contributed by atoms with Crippen LogP contribution in [0.2, 0.25) is 0 Å². The molecule has 1 atom stereocenters. The quantitative estimate of drug-likeness (QED) is 0.515. The number of nitriles is 1. The summed E-state index contributed by atoms with van der Waals surface area (Å²) in [5, 5.41) is 16.6. The summed E-state index contributed by atoms with van der Waals surface area (Å²) in [6.45, 7) is 5.70. The summed E-state index contributed by atoms with van der Waals surface area (Å²) in [5.41, 5.74) is 3.41. The van der Waals surface area contributed by atoms with Gasteiger partial charge in [-0.15, -0.1) is 0 Å². The van der Waals surface area contributed by atoms with Gasteiger partial charge in [-0.1, -0.05) is 24.3 Å². The zero-order chi connectivity index (χ0) is 23.0. The lowest BCUT2D eigenvalue weighted by Crippen LogP contribution is -2.27. The molecular weight excluding hydrogens is 409 g/mol. The Balaban J connectivity index is 1.73. The number of aromatic nitrogens is 3. The largest absolute Gasteiger partial charge is 0.344 e. The number of carbonyl (C=O) groups excluding carboxylic acids is 1. The van der Waals surface area contributed by atoms with Gasteiger partial charge in [0.1, 0.15) is 23.0 Å². The van der Waals surface area contributed by atoms with Crippen LogP contribution in [-0.2, 0) is 0 Å². The van der Waals surface area contributed by atoms with E-state index in [0.717, 1.165) is 16.7 Å². The number of rotatable bonds is 4. The minimum atomic E-state index is -0.603. The topological polar surface area (TPSA) is 103 Å². The molecule has 4 aromatic rings. The van der Waals surface area contributed by atoms with Gasteiger partial charge in [0.05, 0.1) is 17.9 Å². The van der Waals surface area contributed by atoms with E-state index in [9.17, 15) is 19.2 Å². The minimum Gasteiger partial charge on any atom is -0.344 e. The second-order valence-corrected chi connectivity index (χ2v) is 7.67. The first kappa shape index (κ1) is 21.0. The van der Waals surface area contributed by atoms with Crippen LogP contribution in [-0.4, -0.2) is 20.5 Å². The number of amides is 1. The third-order valence-electron chi connectivity index (χ3n) is 5.49. The van der Waals surface area contributed by atoms with Gasteiger partial charge in [0, 0.05) is 0 Å². The van der Waals surface area contributed by atoms with Crippen molar-refractivity contribution in [1.29, 1.82) is 5.26 Å². The summed E-state index contributed by atoms with van der Waals surface area (Å²) in [7, 11) is 0. The van der Waals surface area contributed by atoms with Crippen LogP contribution in [0, 0.1) is 31.0 Å². The molecular formula is C24H20FN5O2. The molecule has 160 valence electrons. The van der Waals surface area contributed by atoms with E-state index in [2.05, 4.69) is 15.4 Å². The van der Waals surface area contributed by atoms with Gasteiger partial charge in [0.25, 0.3) is 11.5 Å². The van der Waals surface area contributed by atoms with Crippen molar-refractivity contribution >= 4 is 11.4 Å². The molecule has 1 unspecified atom stereocenters. The second kappa shape index (κ2) is 8.12. The van der Waals surface area contributed by atoms with Crippen LogP contribution < -0.4 is 10.9 Å². The van der Waals surface area contributed by atoms with Crippen molar-refractivity contribution in [3.8, 4) is 17.3 Å². The Hall–Kier alpha value is -4.25. The SMILES string of the molecule is Cc1ccc(-c2cn3nc(C(=O)NC(C)c4ccc(F)cc4)c(C#N)c3c(=O)[nH]2)cc1C. The fraction of sp³-hybridized carbons (Fsp3) is 0.167. The smallest absolute Gasteiger partial charge is 0.275 e. The van der Waals surface area contributed by atoms with Crippen LogP contribution in [0.4, 0.5) is 4.39 Å². The number of nitrogens with zero attached hydrogens (tertiary/aromatic N) is 3. The van der Waals surface area contributed by atoms with Gasteiger partial charge < -0.3 is 10.3 Å². The lowest BCUT2D eigenvalue weighted by Gasteiger charge is -2.13. The van der Waals surface area contributed by atoms with Gasteiger partial charge >= 0.3 is 0 Å². The molecule has 4 rings (SSSR count). The Morgan fingerprint density at radius 1 is 1.19 bits per heavy atom. The fourth-order valence-electron chi connectivity index (χ4n) is 3.50. The van der Waals surface area contributed by atoms with Crippen LogP contribution >= 0.6 is 0 Å². The summed E-state index contributed by atoms with van der Waals surface area (Å²) >= 11 is 0. The number of carbonyl (C=O) groups is 1. The molecule has 0 bridgehead atoms. The fourth-order valence-corrected chi connectivity index (χ4v) is 3.50. The minimum absolute atomic E-state index is 0.000307. The second-order valence-electron chi connectivity index (χ2n) is 7.67. The van der Waals surface area contributed by atoms with E-state index in [4.69, 9.17) is 0 Å². The van der Waals surface area contributed by atoms with Gasteiger partial charge in [-0.2, -0.15) is 10.4 Å². The maximum Gasteiger partial charge on any atom is 0.275 e. The molecule has 1 amide bonds. The van der Waals surface area contributed by atoms with Crippen LogP contribution in [0.25, 0.3) is 16.8 Å². The van der Waals surface area contributed by atoms with Crippen molar-refractivity contribution in [1.82, 2.24) is 19.9 Å². The molecule has 0 aliphatic rings. The highest BCUT2D eigenvalue weighted by Gasteiger charge is 2.23. The first-order valence-electron chi connectivity index (χ1n) is 9.98. The Bertz CT molecular complexity index is 1440. The molecule has 7 nitrogen and oxygen atoms in total. The standard InChI is InChI=1S/C24H20FN5O2/c1-13-4-5-17(10-14(13)2)20-12-30-22(24(32)28-20)19(11-26)21(29-30)23(31)27-15(3)16-6-8-18(25)9-7-16/h4-10,12,15H,1-3H3,(H,27,31)(H,28,32). The molecule has 0 aliphatic heterocycles. The molecule has 0 saturated heterocycles. The summed E-state index contributed by atoms with van der Waals surface area (Å²) in [6, 6.07) is 13.0. The number of hydrogen-bond donors (Lipinski definition) is 2. The van der Waals surface area contributed by atoms with E-state index in [-0.39, 0.29) is 22.6 Å². The third kappa shape index (κ3) is 3.76. The Morgan fingerprint density at radius 3 is 2.56 bits per heavy atom. The number of H-pyrrole nitrogens is 1. The van der Waals surface area contributed by atoms with E-state index < -0.39 is 17.5 Å². The maximum absolute atomic E-state index is 13.2. The molecule has 0 aliphatic carbocycles. The molecule has 2 N–H and O–H groups in total. The van der Waals surface area contributed by atoms with Gasteiger partial charge in [-0.25, -0.2) is 8.91 Å². The molecule has 0 saturated carbocycles. The third-order valence-corrected chi connectivity index (χ3v) is 5.49. The van der Waals surface area contributed by atoms with Crippen molar-refractivity contribution in [2.75, 3.05) is 0 Å². The number of aromatic amines is 1. The Labute approximate surface area is 183 Å². The van der Waals surface area contributed by atoms with Crippen molar-refractivity contribution in [2.24, 2.45) is 0 Å². The number of hydrogen-bond acceptors (Lipinski definition) is 4. The predicted molar refractivity (Wildman–Crippen MR) is 118 cm³/mol. The molecule has 2 heterocycles. The zero-order valence-corrected chi connectivity index (χ0v) is 17.7. The van der Waals surface area contributed by atoms with Crippen LogP contribution in [0.5, 0.6) is 0 Å². The maximum atomic E-state index is 13.2. The number of benzene rings is 2. The van der Waals surface area contributed by atoms with E-state index in [1.54, 1.807) is 25.3 Å². The number of halogens is 1. The highest BCUT2D eigenvalue weighted by Crippen LogP contribution is 2.21. The number of aryl methyl sites for hydroxylation is 2. The molecule has 2 aromatic heterocycles. The summed E-state index contributed by atoms with van der Waals surface area (Å²) in [6.07, 6.45) is 1.59. The van der Waals surface area contributed by atoms with Gasteiger partial charge in [-0.05, 0) is 61.2 Å². The average molecular weight is 429 g/mol. The van der Waals surface area contributed by atoms with Crippen LogP contribution in [0.15, 0.2) is 53.5 Å². The first-order chi connectivity index (χ1) is 15.3. The van der Waals surface area contributed by atoms with Crippen molar-refractivity contribution in [2.45, 2.75) is 26.8 Å². The predicted octanol–water partition coefficient (Wildman–Crippen LogP) is 3.81. The van der Waals surface area contributed by atoms with Gasteiger partial charge in [0.2, 0.25) is 0 Å². The highest BCUT2D eigenvalue weighted by molar-refractivity contribution is 5.97. The molecule has 0 fully saturated rings.